The van der Waals surface area contributed by atoms with Gasteiger partial charge in [0.15, 0.2) is 11.7 Å². The van der Waals surface area contributed by atoms with Gasteiger partial charge in [-0.3, -0.25) is 4.99 Å². The summed E-state index contributed by atoms with van der Waals surface area (Å²) < 4.78 is 9.08. The zero-order chi connectivity index (χ0) is 40.4. The Balaban J connectivity index is 1.02. The summed E-state index contributed by atoms with van der Waals surface area (Å²) in [6.45, 7) is 4.49. The summed E-state index contributed by atoms with van der Waals surface area (Å²) in [7, 11) is 0. The van der Waals surface area contributed by atoms with Gasteiger partial charge in [-0.15, -0.1) is 0 Å². The molecule has 0 saturated carbocycles. The van der Waals surface area contributed by atoms with Gasteiger partial charge >= 0.3 is 0 Å². The summed E-state index contributed by atoms with van der Waals surface area (Å²) in [6, 6.07) is 68.4. The number of hydrogen-bond donors (Lipinski definition) is 0. The highest BCUT2D eigenvalue weighted by atomic mass is 16.3. The fourth-order valence-corrected chi connectivity index (χ4v) is 9.27. The van der Waals surface area contributed by atoms with Crippen molar-refractivity contribution in [3.05, 3.63) is 211 Å². The lowest BCUT2D eigenvalue weighted by atomic mass is 10.00. The van der Waals surface area contributed by atoms with E-state index in [9.17, 15) is 0 Å². The number of fused-ring (bicyclic) bond motifs is 12. The third-order valence-electron chi connectivity index (χ3n) is 12.1. The van der Waals surface area contributed by atoms with Crippen molar-refractivity contribution in [2.75, 3.05) is 0 Å². The van der Waals surface area contributed by atoms with Gasteiger partial charge in [-0.25, -0.2) is 9.98 Å². The molecule has 0 N–H and O–H groups in total. The third-order valence-corrected chi connectivity index (χ3v) is 12.1. The van der Waals surface area contributed by atoms with E-state index in [1.54, 1.807) is 0 Å². The molecule has 0 aliphatic heterocycles. The van der Waals surface area contributed by atoms with Crippen molar-refractivity contribution in [1.29, 1.82) is 0 Å². The van der Waals surface area contributed by atoms with Crippen molar-refractivity contribution in [3.8, 4) is 5.69 Å². The molecule has 0 spiro atoms. The number of benzene rings is 10. The van der Waals surface area contributed by atoms with Crippen LogP contribution in [0.15, 0.2) is 214 Å². The highest BCUT2D eigenvalue weighted by Crippen LogP contribution is 2.42. The Morgan fingerprint density at radius 1 is 0.459 bits per heavy atom. The van der Waals surface area contributed by atoms with Crippen LogP contribution in [0.25, 0.3) is 92.5 Å². The van der Waals surface area contributed by atoms with Gasteiger partial charge in [-0.1, -0.05) is 146 Å². The SMILES string of the molecule is C=NC(=NC(=NCc1ccc2ccccc2c1)c1ccc2ccccc2c1)c1cccc2oc3cc(-n4c5ccc6ccccc6c5c5c6ccccc6ccc54)ccc3c12. The van der Waals surface area contributed by atoms with Gasteiger partial charge in [-0.2, -0.15) is 0 Å². The Bertz CT molecular complexity index is 3740. The van der Waals surface area contributed by atoms with E-state index in [0.717, 1.165) is 66.1 Å². The second kappa shape index (κ2) is 14.0. The first-order valence-corrected chi connectivity index (χ1v) is 20.5. The molecule has 286 valence electrons. The molecule has 0 atom stereocenters. The molecule has 10 aromatic carbocycles. The van der Waals surface area contributed by atoms with Crippen LogP contribution in [0.4, 0.5) is 0 Å². The van der Waals surface area contributed by atoms with Gasteiger partial charge in [0, 0.05) is 44.4 Å². The number of aliphatic imine (C=N–C) groups is 3. The van der Waals surface area contributed by atoms with Crippen LogP contribution in [-0.2, 0) is 6.54 Å². The number of nitrogens with zero attached hydrogens (tertiary/aromatic N) is 4. The van der Waals surface area contributed by atoms with Crippen molar-refractivity contribution in [1.82, 2.24) is 4.57 Å². The maximum absolute atomic E-state index is 6.71. The molecule has 0 aliphatic carbocycles. The molecule has 0 bridgehead atoms. The maximum Gasteiger partial charge on any atom is 0.161 e. The van der Waals surface area contributed by atoms with E-state index >= 15 is 0 Å². The zero-order valence-corrected chi connectivity index (χ0v) is 33.1. The molecule has 5 heteroatoms. The van der Waals surface area contributed by atoms with E-state index < -0.39 is 0 Å². The second-order valence-electron chi connectivity index (χ2n) is 15.6. The first kappa shape index (κ1) is 34.9. The predicted molar refractivity (Wildman–Crippen MR) is 257 cm³/mol. The molecule has 0 radical (unpaired) electrons. The summed E-state index contributed by atoms with van der Waals surface area (Å²) in [4.78, 5) is 15.0. The quantitative estimate of drug-likeness (QED) is 0.127. The van der Waals surface area contributed by atoms with Crippen molar-refractivity contribution in [2.45, 2.75) is 6.54 Å². The number of amidine groups is 2. The first-order chi connectivity index (χ1) is 30.2. The lowest BCUT2D eigenvalue weighted by Gasteiger charge is -2.09. The Kier molecular flexibility index (Phi) is 8.00. The summed E-state index contributed by atoms with van der Waals surface area (Å²) in [6.07, 6.45) is 0. The second-order valence-corrected chi connectivity index (χ2v) is 15.6. The summed E-state index contributed by atoms with van der Waals surface area (Å²) >= 11 is 0. The molecule has 0 fully saturated rings. The molecular formula is C56H36N4O. The third kappa shape index (κ3) is 5.74. The van der Waals surface area contributed by atoms with Gasteiger partial charge in [0.25, 0.3) is 0 Å². The molecule has 2 heterocycles. The normalized spacial score (nSPS) is 12.6. The van der Waals surface area contributed by atoms with Crippen LogP contribution in [0.1, 0.15) is 16.7 Å². The van der Waals surface area contributed by atoms with E-state index in [2.05, 4.69) is 192 Å². The average molecular weight is 781 g/mol. The molecule has 61 heavy (non-hydrogen) atoms. The molecule has 0 saturated heterocycles. The Morgan fingerprint density at radius 2 is 1.07 bits per heavy atom. The van der Waals surface area contributed by atoms with E-state index in [1.165, 1.54) is 43.1 Å². The molecule has 12 aromatic rings. The minimum atomic E-state index is 0.455. The maximum atomic E-state index is 6.71. The molecule has 0 amide bonds. The van der Waals surface area contributed by atoms with Crippen molar-refractivity contribution in [2.24, 2.45) is 15.0 Å². The molecular weight excluding hydrogens is 745 g/mol. The zero-order valence-electron chi connectivity index (χ0n) is 33.1. The van der Waals surface area contributed by atoms with E-state index in [-0.39, 0.29) is 0 Å². The molecule has 2 aromatic heterocycles. The van der Waals surface area contributed by atoms with E-state index in [4.69, 9.17) is 14.4 Å². The fourth-order valence-electron chi connectivity index (χ4n) is 9.27. The van der Waals surface area contributed by atoms with E-state index in [0.29, 0.717) is 18.2 Å². The summed E-state index contributed by atoms with van der Waals surface area (Å²) in [5, 5.41) is 14.0. The average Bonchev–Trinajstić information content (AvgIpc) is 3.87. The van der Waals surface area contributed by atoms with Crippen LogP contribution in [-0.4, -0.2) is 23.0 Å². The van der Waals surface area contributed by atoms with Gasteiger partial charge in [0.05, 0.1) is 17.6 Å². The molecule has 0 aliphatic rings. The Labute approximate surface area is 350 Å². The fraction of sp³-hybridized carbons (Fsp3) is 0.0179. The van der Waals surface area contributed by atoms with Gasteiger partial charge in [0.1, 0.15) is 11.2 Å². The van der Waals surface area contributed by atoms with E-state index in [1.807, 2.05) is 18.2 Å². The monoisotopic (exact) mass is 780 g/mol. The molecule has 12 rings (SSSR count). The minimum Gasteiger partial charge on any atom is -0.456 e. The smallest absolute Gasteiger partial charge is 0.161 e. The summed E-state index contributed by atoms with van der Waals surface area (Å²) in [5.41, 5.74) is 7.68. The standard InChI is InChI=1S/C56H36N4O/c1-57-56(59-55(42-24-23-37-12-3-5-16-41(37)32-42)58-34-35-21-22-36-11-2-4-15-40(36)31-35)47-19-10-20-50-52(47)46-28-27-43(33-51(46)61-50)60-48-29-25-38-13-6-8-17-44(38)53(48)54-45-18-9-7-14-39(45)26-30-49(54)60/h2-33H,1,34H2. The minimum absolute atomic E-state index is 0.455. The number of furan rings is 1. The van der Waals surface area contributed by atoms with Crippen LogP contribution in [0.3, 0.4) is 0 Å². The first-order valence-electron chi connectivity index (χ1n) is 20.5. The topological polar surface area (TPSA) is 55.1 Å². The predicted octanol–water partition coefficient (Wildman–Crippen LogP) is 14.4. The molecule has 0 unspecified atom stereocenters. The van der Waals surface area contributed by atoms with Crippen LogP contribution >= 0.6 is 0 Å². The Morgan fingerprint density at radius 3 is 1.75 bits per heavy atom. The highest BCUT2D eigenvalue weighted by molar-refractivity contribution is 6.29. The number of hydrogen-bond acceptors (Lipinski definition) is 2. The van der Waals surface area contributed by atoms with Gasteiger partial charge < -0.3 is 8.98 Å². The van der Waals surface area contributed by atoms with Gasteiger partial charge in [-0.05, 0) is 97.8 Å². The number of aromatic nitrogens is 1. The summed E-state index contributed by atoms with van der Waals surface area (Å²) in [5.74, 6) is 1.06. The van der Waals surface area contributed by atoms with Crippen molar-refractivity contribution < 1.29 is 4.42 Å². The van der Waals surface area contributed by atoms with Crippen molar-refractivity contribution in [3.63, 3.8) is 0 Å². The Hall–Kier alpha value is -8.15. The van der Waals surface area contributed by atoms with Crippen LogP contribution < -0.4 is 0 Å². The van der Waals surface area contributed by atoms with Gasteiger partial charge in [0.2, 0.25) is 0 Å². The van der Waals surface area contributed by atoms with Crippen molar-refractivity contribution >= 4 is 105 Å². The number of rotatable bonds is 5. The highest BCUT2D eigenvalue weighted by Gasteiger charge is 2.20. The van der Waals surface area contributed by atoms with Crippen LogP contribution in [0.2, 0.25) is 0 Å². The van der Waals surface area contributed by atoms with Crippen LogP contribution in [0, 0.1) is 0 Å². The van der Waals surface area contributed by atoms with Crippen LogP contribution in [0.5, 0.6) is 0 Å². The largest absolute Gasteiger partial charge is 0.456 e. The lowest BCUT2D eigenvalue weighted by Crippen LogP contribution is -2.06. The lowest BCUT2D eigenvalue weighted by molar-refractivity contribution is 0.668. The molecule has 5 nitrogen and oxygen atoms in total.